The van der Waals surface area contributed by atoms with Gasteiger partial charge < -0.3 is 24.6 Å². The molecule has 0 spiro atoms. The summed E-state index contributed by atoms with van der Waals surface area (Å²) in [6.07, 6.45) is 2.38. The largest absolute Gasteiger partial charge is 0.497 e. The number of rotatable bonds is 5. The van der Waals surface area contributed by atoms with Crippen LogP contribution in [0.5, 0.6) is 5.75 Å². The van der Waals surface area contributed by atoms with Gasteiger partial charge in [0.15, 0.2) is 0 Å². The lowest BCUT2D eigenvalue weighted by atomic mass is 10.1. The number of anilines is 3. The van der Waals surface area contributed by atoms with Crippen molar-refractivity contribution in [3.63, 3.8) is 0 Å². The zero-order valence-electron chi connectivity index (χ0n) is 16.3. The van der Waals surface area contributed by atoms with Gasteiger partial charge in [0, 0.05) is 37.4 Å². The van der Waals surface area contributed by atoms with E-state index in [-0.39, 0.29) is 5.91 Å². The minimum absolute atomic E-state index is 0.109. The van der Waals surface area contributed by atoms with E-state index < -0.39 is 0 Å². The molecule has 0 saturated carbocycles. The Kier molecular flexibility index (Phi) is 5.67. The maximum atomic E-state index is 12.9. The van der Waals surface area contributed by atoms with Crippen LogP contribution < -0.4 is 19.9 Å². The van der Waals surface area contributed by atoms with E-state index in [0.29, 0.717) is 5.56 Å². The van der Waals surface area contributed by atoms with Crippen LogP contribution >= 0.6 is 0 Å². The van der Waals surface area contributed by atoms with Crippen LogP contribution in [0.1, 0.15) is 23.2 Å². The molecule has 148 valence electrons. The summed E-state index contributed by atoms with van der Waals surface area (Å²) in [6.45, 7) is 5.28. The summed E-state index contributed by atoms with van der Waals surface area (Å²) in [5.41, 5.74) is 3.70. The highest BCUT2D eigenvalue weighted by atomic mass is 16.5. The molecule has 0 atom stereocenters. The lowest BCUT2D eigenvalue weighted by Crippen LogP contribution is -2.36. The number of nitrogens with zero attached hydrogens (tertiary/aromatic N) is 2. The van der Waals surface area contributed by atoms with Gasteiger partial charge in [-0.1, -0.05) is 0 Å². The molecule has 2 fully saturated rings. The molecule has 0 radical (unpaired) electrons. The molecule has 2 aromatic rings. The van der Waals surface area contributed by atoms with Crippen LogP contribution in [0.15, 0.2) is 42.5 Å². The topological polar surface area (TPSA) is 54.0 Å². The maximum absolute atomic E-state index is 12.9. The Morgan fingerprint density at radius 3 is 2.36 bits per heavy atom. The van der Waals surface area contributed by atoms with Gasteiger partial charge in [-0.2, -0.15) is 0 Å². The SMILES string of the molecule is COc1ccc(C(=O)Nc2cc(N3CCOCC3)ccc2N2CCCC2)cc1. The number of carbonyl (C=O) groups excluding carboxylic acids is 1. The van der Waals surface area contributed by atoms with Crippen LogP contribution in [0.2, 0.25) is 0 Å². The van der Waals surface area contributed by atoms with Gasteiger partial charge in [0.1, 0.15) is 5.75 Å². The number of hydrogen-bond acceptors (Lipinski definition) is 5. The summed E-state index contributed by atoms with van der Waals surface area (Å²) >= 11 is 0. The molecule has 28 heavy (non-hydrogen) atoms. The van der Waals surface area contributed by atoms with Crippen molar-refractivity contribution in [1.82, 2.24) is 0 Å². The fourth-order valence-corrected chi connectivity index (χ4v) is 3.81. The number of ether oxygens (including phenoxy) is 2. The molecule has 0 aliphatic carbocycles. The standard InChI is InChI=1S/C22H27N3O3/c1-27-19-7-4-17(5-8-19)22(26)23-20-16-18(24-12-14-28-15-13-24)6-9-21(20)25-10-2-3-11-25/h4-9,16H,2-3,10-15H2,1H3,(H,23,26). The quantitative estimate of drug-likeness (QED) is 0.860. The minimum atomic E-state index is -0.109. The molecule has 0 unspecified atom stereocenters. The molecule has 2 aliphatic rings. The number of morpholine rings is 1. The van der Waals surface area contributed by atoms with Crippen molar-refractivity contribution >= 4 is 23.0 Å². The highest BCUT2D eigenvalue weighted by Gasteiger charge is 2.20. The van der Waals surface area contributed by atoms with E-state index >= 15 is 0 Å². The second kappa shape index (κ2) is 8.52. The third-order valence-electron chi connectivity index (χ3n) is 5.40. The van der Waals surface area contributed by atoms with E-state index in [4.69, 9.17) is 9.47 Å². The van der Waals surface area contributed by atoms with Crippen molar-refractivity contribution in [2.75, 3.05) is 61.6 Å². The molecule has 0 bridgehead atoms. The Morgan fingerprint density at radius 1 is 0.964 bits per heavy atom. The first-order valence-corrected chi connectivity index (χ1v) is 9.92. The fraction of sp³-hybridized carbons (Fsp3) is 0.409. The van der Waals surface area contributed by atoms with E-state index in [2.05, 4.69) is 33.3 Å². The number of carbonyl (C=O) groups is 1. The predicted octanol–water partition coefficient (Wildman–Crippen LogP) is 3.38. The van der Waals surface area contributed by atoms with Gasteiger partial charge >= 0.3 is 0 Å². The molecule has 1 amide bonds. The highest BCUT2D eigenvalue weighted by Crippen LogP contribution is 2.33. The van der Waals surface area contributed by atoms with Gasteiger partial charge in [0.05, 0.1) is 31.7 Å². The molecule has 0 aromatic heterocycles. The van der Waals surface area contributed by atoms with Gasteiger partial charge in [-0.25, -0.2) is 0 Å². The molecule has 2 aliphatic heterocycles. The first-order chi connectivity index (χ1) is 13.7. The number of benzene rings is 2. The number of hydrogen-bond donors (Lipinski definition) is 1. The first kappa shape index (κ1) is 18.6. The highest BCUT2D eigenvalue weighted by molar-refractivity contribution is 6.06. The van der Waals surface area contributed by atoms with E-state index in [1.54, 1.807) is 31.4 Å². The average molecular weight is 381 g/mol. The summed E-state index contributed by atoms with van der Waals surface area (Å²) in [6, 6.07) is 13.6. The molecule has 1 N–H and O–H groups in total. The van der Waals surface area contributed by atoms with Crippen LogP contribution in [0.25, 0.3) is 0 Å². The summed E-state index contributed by atoms with van der Waals surface area (Å²) in [5, 5.41) is 3.14. The Bertz CT molecular complexity index is 810. The summed E-state index contributed by atoms with van der Waals surface area (Å²) in [5.74, 6) is 0.630. The van der Waals surface area contributed by atoms with Crippen molar-refractivity contribution < 1.29 is 14.3 Å². The molecule has 6 nitrogen and oxygen atoms in total. The third kappa shape index (κ3) is 4.07. The smallest absolute Gasteiger partial charge is 0.255 e. The van der Waals surface area contributed by atoms with E-state index in [1.807, 2.05) is 0 Å². The van der Waals surface area contributed by atoms with Crippen molar-refractivity contribution in [3.8, 4) is 5.75 Å². The summed E-state index contributed by atoms with van der Waals surface area (Å²) < 4.78 is 10.7. The minimum Gasteiger partial charge on any atom is -0.497 e. The molecule has 2 saturated heterocycles. The zero-order valence-corrected chi connectivity index (χ0v) is 16.3. The van der Waals surface area contributed by atoms with Crippen LogP contribution in [0, 0.1) is 0 Å². The van der Waals surface area contributed by atoms with Crippen LogP contribution in [-0.2, 0) is 4.74 Å². The second-order valence-corrected chi connectivity index (χ2v) is 7.18. The summed E-state index contributed by atoms with van der Waals surface area (Å²) in [4.78, 5) is 17.5. The van der Waals surface area contributed by atoms with Crippen molar-refractivity contribution in [2.24, 2.45) is 0 Å². The lowest BCUT2D eigenvalue weighted by molar-refractivity contribution is 0.102. The second-order valence-electron chi connectivity index (χ2n) is 7.18. The van der Waals surface area contributed by atoms with Gasteiger partial charge in [0.2, 0.25) is 0 Å². The predicted molar refractivity (Wildman–Crippen MR) is 112 cm³/mol. The first-order valence-electron chi connectivity index (χ1n) is 9.92. The van der Waals surface area contributed by atoms with Crippen LogP contribution in [-0.4, -0.2) is 52.4 Å². The van der Waals surface area contributed by atoms with E-state index in [9.17, 15) is 4.79 Å². The van der Waals surface area contributed by atoms with Gasteiger partial charge in [0.25, 0.3) is 5.91 Å². The average Bonchev–Trinajstić information content (AvgIpc) is 3.29. The zero-order chi connectivity index (χ0) is 19.3. The van der Waals surface area contributed by atoms with E-state index in [1.165, 1.54) is 12.8 Å². The molecular formula is C22H27N3O3. The molecule has 2 heterocycles. The van der Waals surface area contributed by atoms with Crippen molar-refractivity contribution in [2.45, 2.75) is 12.8 Å². The number of methoxy groups -OCH3 is 1. The van der Waals surface area contributed by atoms with Gasteiger partial charge in [-0.15, -0.1) is 0 Å². The van der Waals surface area contributed by atoms with Crippen molar-refractivity contribution in [1.29, 1.82) is 0 Å². The van der Waals surface area contributed by atoms with Crippen LogP contribution in [0.4, 0.5) is 17.1 Å². The van der Waals surface area contributed by atoms with Crippen molar-refractivity contribution in [3.05, 3.63) is 48.0 Å². The molecule has 6 heteroatoms. The summed E-state index contributed by atoms with van der Waals surface area (Å²) in [7, 11) is 1.62. The normalized spacial score (nSPS) is 16.9. The maximum Gasteiger partial charge on any atom is 0.255 e. The Hall–Kier alpha value is -2.73. The van der Waals surface area contributed by atoms with Gasteiger partial charge in [-0.3, -0.25) is 4.79 Å². The van der Waals surface area contributed by atoms with Gasteiger partial charge in [-0.05, 0) is 55.3 Å². The van der Waals surface area contributed by atoms with Crippen LogP contribution in [0.3, 0.4) is 0 Å². The Balaban J connectivity index is 1.60. The lowest BCUT2D eigenvalue weighted by Gasteiger charge is -2.30. The fourth-order valence-electron chi connectivity index (χ4n) is 3.81. The Morgan fingerprint density at radius 2 is 1.68 bits per heavy atom. The monoisotopic (exact) mass is 381 g/mol. The Labute approximate surface area is 166 Å². The number of nitrogens with one attached hydrogen (secondary N) is 1. The third-order valence-corrected chi connectivity index (χ3v) is 5.40. The molecule has 4 rings (SSSR count). The molecule has 2 aromatic carbocycles. The van der Waals surface area contributed by atoms with E-state index in [0.717, 1.165) is 62.2 Å². The number of amides is 1. The molecular weight excluding hydrogens is 354 g/mol.